The normalized spacial score (nSPS) is 23.6. The van der Waals surface area contributed by atoms with Gasteiger partial charge in [0.25, 0.3) is 5.91 Å². The van der Waals surface area contributed by atoms with Crippen molar-refractivity contribution in [2.45, 2.75) is 44.6 Å². The van der Waals surface area contributed by atoms with Gasteiger partial charge in [-0.1, -0.05) is 30.3 Å². The second-order valence-corrected chi connectivity index (χ2v) is 8.20. The van der Waals surface area contributed by atoms with Crippen LogP contribution in [0.3, 0.4) is 0 Å². The number of fused-ring (bicyclic) bond motifs is 1. The van der Waals surface area contributed by atoms with E-state index in [1.807, 2.05) is 30.3 Å². The molecule has 158 valence electrons. The molecule has 2 atom stereocenters. The zero-order valence-corrected chi connectivity index (χ0v) is 16.8. The number of nitrogens with two attached hydrogens (primary N) is 1. The second-order valence-electron chi connectivity index (χ2n) is 8.20. The molecule has 1 saturated heterocycles. The van der Waals surface area contributed by atoms with Crippen molar-refractivity contribution in [3.63, 3.8) is 0 Å². The van der Waals surface area contributed by atoms with Gasteiger partial charge in [-0.2, -0.15) is 0 Å². The number of aliphatic carboxylic acids is 1. The van der Waals surface area contributed by atoms with E-state index in [0.29, 0.717) is 0 Å². The molecule has 1 aromatic heterocycles. The molecule has 1 aromatic carbocycles. The maximum Gasteiger partial charge on any atom is 0.312 e. The van der Waals surface area contributed by atoms with Crippen LogP contribution in [0, 0.1) is 5.41 Å². The minimum Gasteiger partial charge on any atom is -0.481 e. The summed E-state index contributed by atoms with van der Waals surface area (Å²) in [4.78, 5) is 35.4. The second kappa shape index (κ2) is 8.02. The number of carboxylic acid groups (broad SMARTS) is 1. The number of hydrogen-bond acceptors (Lipinski definition) is 6. The predicted molar refractivity (Wildman–Crippen MR) is 110 cm³/mol. The minimum atomic E-state index is -1.33. The molecule has 0 radical (unpaired) electrons. The van der Waals surface area contributed by atoms with Crippen LogP contribution in [-0.4, -0.2) is 56.2 Å². The Morgan fingerprint density at radius 3 is 2.60 bits per heavy atom. The van der Waals surface area contributed by atoms with E-state index in [-0.39, 0.29) is 43.5 Å². The molecule has 1 aliphatic heterocycles. The van der Waals surface area contributed by atoms with Crippen molar-refractivity contribution >= 4 is 17.8 Å². The number of aryl methyl sites for hydroxylation is 1. The third-order valence-corrected chi connectivity index (χ3v) is 6.34. The SMILES string of the molecule is Nc1nc2c(c(C(=O)N3CC[C@](Cc4ccccc4)(C(=O)O)[C@H](O)C3)n1)CCCC2. The standard InChI is InChI=1S/C22H26N4O4/c23-21-24-16-9-5-4-8-15(16)18(25-21)19(28)26-11-10-22(20(29)30,17(27)13-26)12-14-6-2-1-3-7-14/h1-3,6-7,17,27H,4-5,8-13H2,(H,29,30)(H2,23,24,25)/t17-,22-/m1/s1. The van der Waals surface area contributed by atoms with E-state index in [4.69, 9.17) is 5.73 Å². The minimum absolute atomic E-state index is 0.0589. The largest absolute Gasteiger partial charge is 0.481 e. The number of aliphatic hydroxyl groups excluding tert-OH is 1. The van der Waals surface area contributed by atoms with E-state index in [0.717, 1.165) is 42.5 Å². The Bertz CT molecular complexity index is 965. The summed E-state index contributed by atoms with van der Waals surface area (Å²) in [5, 5.41) is 20.8. The Kier molecular flexibility index (Phi) is 5.42. The Hall–Kier alpha value is -3.00. The van der Waals surface area contributed by atoms with E-state index in [9.17, 15) is 19.8 Å². The molecule has 2 aliphatic rings. The Labute approximate surface area is 174 Å². The third kappa shape index (κ3) is 3.63. The number of carboxylic acids is 1. The summed E-state index contributed by atoms with van der Waals surface area (Å²) in [5.41, 5.74) is 7.27. The van der Waals surface area contributed by atoms with Gasteiger partial charge in [-0.25, -0.2) is 9.97 Å². The monoisotopic (exact) mass is 410 g/mol. The number of hydrogen-bond donors (Lipinski definition) is 3. The van der Waals surface area contributed by atoms with Crippen LogP contribution < -0.4 is 5.73 Å². The fourth-order valence-electron chi connectivity index (χ4n) is 4.59. The molecule has 0 spiro atoms. The van der Waals surface area contributed by atoms with Crippen molar-refractivity contribution < 1.29 is 19.8 Å². The van der Waals surface area contributed by atoms with Gasteiger partial charge in [-0.15, -0.1) is 0 Å². The number of carbonyl (C=O) groups is 2. The van der Waals surface area contributed by atoms with Gasteiger partial charge in [0.15, 0.2) is 0 Å². The van der Waals surface area contributed by atoms with E-state index in [2.05, 4.69) is 9.97 Å². The fourth-order valence-corrected chi connectivity index (χ4v) is 4.59. The van der Waals surface area contributed by atoms with Crippen LogP contribution in [0.4, 0.5) is 5.95 Å². The molecule has 4 N–H and O–H groups in total. The van der Waals surface area contributed by atoms with E-state index in [1.54, 1.807) is 0 Å². The van der Waals surface area contributed by atoms with Gasteiger partial charge in [0.2, 0.25) is 5.95 Å². The number of nitrogens with zero attached hydrogens (tertiary/aromatic N) is 3. The first kappa shape index (κ1) is 20.3. The summed E-state index contributed by atoms with van der Waals surface area (Å²) in [5.74, 6) is -1.30. The molecule has 2 heterocycles. The maximum atomic E-state index is 13.2. The number of amides is 1. The topological polar surface area (TPSA) is 130 Å². The number of carbonyl (C=O) groups excluding carboxylic acids is 1. The smallest absolute Gasteiger partial charge is 0.312 e. The van der Waals surface area contributed by atoms with Crippen molar-refractivity contribution in [2.75, 3.05) is 18.8 Å². The number of nitrogen functional groups attached to an aromatic ring is 1. The molecular formula is C22H26N4O4. The summed E-state index contributed by atoms with van der Waals surface area (Å²) in [6.07, 6.45) is 2.63. The van der Waals surface area contributed by atoms with Crippen molar-refractivity contribution in [3.8, 4) is 0 Å². The van der Waals surface area contributed by atoms with Crippen molar-refractivity contribution in [2.24, 2.45) is 5.41 Å². The summed E-state index contributed by atoms with van der Waals surface area (Å²) in [6, 6.07) is 9.26. The molecule has 8 heteroatoms. The number of piperidine rings is 1. The number of aromatic nitrogens is 2. The lowest BCUT2D eigenvalue weighted by molar-refractivity contribution is -0.161. The molecule has 0 bridgehead atoms. The first-order valence-corrected chi connectivity index (χ1v) is 10.3. The molecule has 30 heavy (non-hydrogen) atoms. The van der Waals surface area contributed by atoms with Gasteiger partial charge in [0.1, 0.15) is 11.1 Å². The van der Waals surface area contributed by atoms with Crippen molar-refractivity contribution in [1.29, 1.82) is 0 Å². The fraction of sp³-hybridized carbons (Fsp3) is 0.455. The number of rotatable bonds is 4. The Balaban J connectivity index is 1.57. The number of likely N-dealkylation sites (tertiary alicyclic amines) is 1. The average Bonchev–Trinajstić information content (AvgIpc) is 2.74. The molecule has 1 aliphatic carbocycles. The average molecular weight is 410 g/mol. The van der Waals surface area contributed by atoms with E-state index >= 15 is 0 Å². The molecular weight excluding hydrogens is 384 g/mol. The van der Waals surface area contributed by atoms with Gasteiger partial charge in [0.05, 0.1) is 6.10 Å². The molecule has 0 unspecified atom stereocenters. The number of β-amino-alcohol motifs (C(OH)–C–C–N with tert-alkyl or cyclic N) is 1. The summed E-state index contributed by atoms with van der Waals surface area (Å²) >= 11 is 0. The molecule has 4 rings (SSSR count). The highest BCUT2D eigenvalue weighted by Crippen LogP contribution is 2.37. The van der Waals surface area contributed by atoms with Crippen LogP contribution in [0.1, 0.15) is 46.6 Å². The Morgan fingerprint density at radius 2 is 1.90 bits per heavy atom. The van der Waals surface area contributed by atoms with Gasteiger partial charge >= 0.3 is 5.97 Å². The summed E-state index contributed by atoms with van der Waals surface area (Å²) in [7, 11) is 0. The number of aliphatic hydroxyl groups is 1. The lowest BCUT2D eigenvalue weighted by Gasteiger charge is -2.43. The maximum absolute atomic E-state index is 13.2. The van der Waals surface area contributed by atoms with E-state index < -0.39 is 17.5 Å². The van der Waals surface area contributed by atoms with Crippen LogP contribution in [0.5, 0.6) is 0 Å². The van der Waals surface area contributed by atoms with Crippen molar-refractivity contribution in [3.05, 3.63) is 52.8 Å². The first-order chi connectivity index (χ1) is 14.4. The van der Waals surface area contributed by atoms with Crippen LogP contribution in [-0.2, 0) is 24.1 Å². The van der Waals surface area contributed by atoms with E-state index in [1.165, 1.54) is 4.90 Å². The molecule has 1 fully saturated rings. The third-order valence-electron chi connectivity index (χ3n) is 6.34. The van der Waals surface area contributed by atoms with Gasteiger partial charge < -0.3 is 20.8 Å². The summed E-state index contributed by atoms with van der Waals surface area (Å²) in [6.45, 7) is 0.171. The predicted octanol–water partition coefficient (Wildman–Crippen LogP) is 1.46. The quantitative estimate of drug-likeness (QED) is 0.696. The van der Waals surface area contributed by atoms with Crippen LogP contribution in [0.2, 0.25) is 0 Å². The molecule has 0 saturated carbocycles. The molecule has 2 aromatic rings. The lowest BCUT2D eigenvalue weighted by atomic mass is 9.71. The van der Waals surface area contributed by atoms with Crippen molar-refractivity contribution in [1.82, 2.24) is 14.9 Å². The number of anilines is 1. The van der Waals surface area contributed by atoms with Crippen LogP contribution in [0.25, 0.3) is 0 Å². The highest BCUT2D eigenvalue weighted by molar-refractivity contribution is 5.94. The van der Waals surface area contributed by atoms with Gasteiger partial charge in [-0.3, -0.25) is 9.59 Å². The summed E-state index contributed by atoms with van der Waals surface area (Å²) < 4.78 is 0. The molecule has 8 nitrogen and oxygen atoms in total. The van der Waals surface area contributed by atoms with Gasteiger partial charge in [-0.05, 0) is 44.1 Å². The van der Waals surface area contributed by atoms with Gasteiger partial charge in [0, 0.05) is 24.3 Å². The highest BCUT2D eigenvalue weighted by atomic mass is 16.4. The zero-order valence-electron chi connectivity index (χ0n) is 16.8. The van der Waals surface area contributed by atoms with Crippen LogP contribution >= 0.6 is 0 Å². The lowest BCUT2D eigenvalue weighted by Crippen LogP contribution is -2.57. The number of benzene rings is 1. The Morgan fingerprint density at radius 1 is 1.17 bits per heavy atom. The molecule has 1 amide bonds. The zero-order chi connectivity index (χ0) is 21.3. The highest BCUT2D eigenvalue weighted by Gasteiger charge is 2.49. The first-order valence-electron chi connectivity index (χ1n) is 10.3. The van der Waals surface area contributed by atoms with Crippen LogP contribution in [0.15, 0.2) is 30.3 Å².